The number of hydrogen-bond donors (Lipinski definition) is 2. The van der Waals surface area contributed by atoms with E-state index in [1.807, 2.05) is 11.8 Å². The fourth-order valence-corrected chi connectivity index (χ4v) is 3.27. The average molecular weight is 279 g/mol. The van der Waals surface area contributed by atoms with Crippen LogP contribution in [0.1, 0.15) is 28.8 Å². The molecule has 0 unspecified atom stereocenters. The zero-order chi connectivity index (χ0) is 13.7. The van der Waals surface area contributed by atoms with E-state index in [4.69, 9.17) is 5.11 Å². The summed E-state index contributed by atoms with van der Waals surface area (Å²) in [5.74, 6) is 1.06. The van der Waals surface area contributed by atoms with Crippen molar-refractivity contribution in [1.29, 1.82) is 0 Å². The first kappa shape index (κ1) is 13.9. The fourth-order valence-electron chi connectivity index (χ4n) is 2.16. The lowest BCUT2D eigenvalue weighted by molar-refractivity contribution is -0.136. The Morgan fingerprint density at radius 3 is 2.63 bits per heavy atom. The van der Waals surface area contributed by atoms with Gasteiger partial charge in [-0.05, 0) is 36.0 Å². The van der Waals surface area contributed by atoms with E-state index in [9.17, 15) is 9.59 Å². The third-order valence-corrected chi connectivity index (χ3v) is 4.21. The Hall–Kier alpha value is -1.49. The van der Waals surface area contributed by atoms with E-state index in [1.54, 1.807) is 24.3 Å². The summed E-state index contributed by atoms with van der Waals surface area (Å²) in [4.78, 5) is 23.0. The number of rotatable bonds is 4. The summed E-state index contributed by atoms with van der Waals surface area (Å²) in [6, 6.07) is 7.11. The molecule has 2 rings (SSSR count). The smallest absolute Gasteiger partial charge is 0.307 e. The zero-order valence-electron chi connectivity index (χ0n) is 10.6. The van der Waals surface area contributed by atoms with Crippen molar-refractivity contribution in [1.82, 2.24) is 5.32 Å². The molecule has 0 atom stereocenters. The van der Waals surface area contributed by atoms with Crippen LogP contribution in [0.25, 0.3) is 0 Å². The third-order valence-electron chi connectivity index (χ3n) is 3.16. The van der Waals surface area contributed by atoms with Crippen LogP contribution in [-0.2, 0) is 11.2 Å². The molecule has 4 nitrogen and oxygen atoms in total. The van der Waals surface area contributed by atoms with E-state index in [0.29, 0.717) is 11.1 Å². The highest BCUT2D eigenvalue weighted by molar-refractivity contribution is 7.99. The van der Waals surface area contributed by atoms with Gasteiger partial charge in [-0.15, -0.1) is 0 Å². The largest absolute Gasteiger partial charge is 0.481 e. The number of carbonyl (C=O) groups excluding carboxylic acids is 1. The van der Waals surface area contributed by atoms with Gasteiger partial charge in [0, 0.05) is 11.6 Å². The first-order valence-corrected chi connectivity index (χ1v) is 7.50. The molecular formula is C14H17NO3S. The number of amides is 1. The van der Waals surface area contributed by atoms with E-state index in [0.717, 1.165) is 24.3 Å². The number of benzene rings is 1. The Kier molecular flexibility index (Phi) is 4.85. The van der Waals surface area contributed by atoms with Gasteiger partial charge in [0.2, 0.25) is 0 Å². The summed E-state index contributed by atoms with van der Waals surface area (Å²) >= 11 is 1.90. The van der Waals surface area contributed by atoms with Gasteiger partial charge in [-0.2, -0.15) is 11.8 Å². The number of carboxylic acid groups (broad SMARTS) is 1. The predicted molar refractivity (Wildman–Crippen MR) is 75.6 cm³/mol. The van der Waals surface area contributed by atoms with Crippen molar-refractivity contribution in [2.75, 3.05) is 11.5 Å². The van der Waals surface area contributed by atoms with Crippen LogP contribution >= 0.6 is 11.8 Å². The normalized spacial score (nSPS) is 16.0. The molecule has 5 heteroatoms. The maximum absolute atomic E-state index is 12.2. The van der Waals surface area contributed by atoms with Crippen LogP contribution in [0.2, 0.25) is 0 Å². The van der Waals surface area contributed by atoms with Crippen molar-refractivity contribution in [2.45, 2.75) is 25.3 Å². The highest BCUT2D eigenvalue weighted by Gasteiger charge is 2.19. The first-order chi connectivity index (χ1) is 9.16. The predicted octanol–water partition coefficient (Wildman–Crippen LogP) is 1.94. The van der Waals surface area contributed by atoms with Gasteiger partial charge in [-0.25, -0.2) is 0 Å². The fraction of sp³-hybridized carbons (Fsp3) is 0.429. The van der Waals surface area contributed by atoms with E-state index < -0.39 is 5.97 Å². The lowest BCUT2D eigenvalue weighted by Gasteiger charge is -2.23. The van der Waals surface area contributed by atoms with Crippen LogP contribution in [0, 0.1) is 0 Å². The number of nitrogens with one attached hydrogen (secondary N) is 1. The number of carboxylic acids is 1. The number of hydrogen-bond acceptors (Lipinski definition) is 3. The summed E-state index contributed by atoms with van der Waals surface area (Å²) in [5.41, 5.74) is 1.04. The van der Waals surface area contributed by atoms with E-state index in [1.165, 1.54) is 0 Å². The van der Waals surface area contributed by atoms with Crippen molar-refractivity contribution in [2.24, 2.45) is 0 Å². The highest BCUT2D eigenvalue weighted by atomic mass is 32.2. The van der Waals surface area contributed by atoms with Crippen LogP contribution in [0.15, 0.2) is 24.3 Å². The molecule has 1 fully saturated rings. The molecule has 0 aliphatic carbocycles. The molecule has 1 aliphatic heterocycles. The lowest BCUT2D eigenvalue weighted by atomic mass is 10.0. The van der Waals surface area contributed by atoms with Crippen molar-refractivity contribution in [3.8, 4) is 0 Å². The molecular weight excluding hydrogens is 262 g/mol. The lowest BCUT2D eigenvalue weighted by Crippen LogP contribution is -2.37. The summed E-state index contributed by atoms with van der Waals surface area (Å²) < 4.78 is 0. The molecule has 1 heterocycles. The van der Waals surface area contributed by atoms with Crippen molar-refractivity contribution in [3.63, 3.8) is 0 Å². The third kappa shape index (κ3) is 3.99. The molecule has 0 spiro atoms. The van der Waals surface area contributed by atoms with Gasteiger partial charge in [0.05, 0.1) is 6.42 Å². The summed E-state index contributed by atoms with van der Waals surface area (Å²) in [6.07, 6.45) is 1.85. The van der Waals surface area contributed by atoms with E-state index >= 15 is 0 Å². The Labute approximate surface area is 116 Å². The second-order valence-electron chi connectivity index (χ2n) is 4.59. The number of carbonyl (C=O) groups is 2. The standard InChI is InChI=1S/C14H17NO3S/c16-13(17)9-10-3-1-2-4-12(10)14(18)15-11-5-7-19-8-6-11/h1-4,11H,5-9H2,(H,15,18)(H,16,17). The van der Waals surface area contributed by atoms with Crippen molar-refractivity contribution in [3.05, 3.63) is 35.4 Å². The van der Waals surface area contributed by atoms with Crippen LogP contribution in [0.4, 0.5) is 0 Å². The molecule has 0 saturated carbocycles. The molecule has 1 saturated heterocycles. The molecule has 102 valence electrons. The summed E-state index contributed by atoms with van der Waals surface area (Å²) in [5, 5.41) is 11.9. The first-order valence-electron chi connectivity index (χ1n) is 6.35. The molecule has 0 radical (unpaired) electrons. The Bertz CT molecular complexity index is 470. The molecule has 19 heavy (non-hydrogen) atoms. The second kappa shape index (κ2) is 6.61. The highest BCUT2D eigenvalue weighted by Crippen LogP contribution is 2.18. The SMILES string of the molecule is O=C(O)Cc1ccccc1C(=O)NC1CCSCC1. The van der Waals surface area contributed by atoms with Gasteiger partial charge >= 0.3 is 5.97 Å². The van der Waals surface area contributed by atoms with Gasteiger partial charge in [-0.1, -0.05) is 18.2 Å². The zero-order valence-corrected chi connectivity index (χ0v) is 11.4. The summed E-state index contributed by atoms with van der Waals surface area (Å²) in [6.45, 7) is 0. The van der Waals surface area contributed by atoms with Crippen LogP contribution < -0.4 is 5.32 Å². The van der Waals surface area contributed by atoms with E-state index in [-0.39, 0.29) is 18.4 Å². The second-order valence-corrected chi connectivity index (χ2v) is 5.81. The molecule has 0 bridgehead atoms. The topological polar surface area (TPSA) is 66.4 Å². The Morgan fingerprint density at radius 1 is 1.26 bits per heavy atom. The molecule has 1 aliphatic rings. The minimum atomic E-state index is -0.922. The maximum Gasteiger partial charge on any atom is 0.307 e. The monoisotopic (exact) mass is 279 g/mol. The van der Waals surface area contributed by atoms with Gasteiger partial charge in [-0.3, -0.25) is 9.59 Å². The maximum atomic E-state index is 12.2. The van der Waals surface area contributed by atoms with E-state index in [2.05, 4.69) is 5.32 Å². The van der Waals surface area contributed by atoms with Crippen LogP contribution in [0.5, 0.6) is 0 Å². The molecule has 1 amide bonds. The quantitative estimate of drug-likeness (QED) is 0.884. The Balaban J connectivity index is 2.07. The van der Waals surface area contributed by atoms with Crippen LogP contribution in [0.3, 0.4) is 0 Å². The number of thioether (sulfide) groups is 1. The van der Waals surface area contributed by atoms with Crippen molar-refractivity contribution < 1.29 is 14.7 Å². The van der Waals surface area contributed by atoms with Gasteiger partial charge in [0.15, 0.2) is 0 Å². The molecule has 2 N–H and O–H groups in total. The molecule has 1 aromatic rings. The van der Waals surface area contributed by atoms with Crippen LogP contribution in [-0.4, -0.2) is 34.5 Å². The Morgan fingerprint density at radius 2 is 1.95 bits per heavy atom. The van der Waals surface area contributed by atoms with Gasteiger partial charge in [0.25, 0.3) is 5.91 Å². The number of aliphatic carboxylic acids is 1. The average Bonchev–Trinajstić information content (AvgIpc) is 2.39. The van der Waals surface area contributed by atoms with Crippen molar-refractivity contribution >= 4 is 23.6 Å². The molecule has 0 aromatic heterocycles. The van der Waals surface area contributed by atoms with Gasteiger partial charge < -0.3 is 10.4 Å². The summed E-state index contributed by atoms with van der Waals surface area (Å²) in [7, 11) is 0. The molecule has 1 aromatic carbocycles. The van der Waals surface area contributed by atoms with Gasteiger partial charge in [0.1, 0.15) is 0 Å². The minimum Gasteiger partial charge on any atom is -0.481 e. The minimum absolute atomic E-state index is 0.121.